The number of aromatic nitrogens is 2. The molecule has 0 atom stereocenters. The summed E-state index contributed by atoms with van der Waals surface area (Å²) in [7, 11) is 0. The highest BCUT2D eigenvalue weighted by molar-refractivity contribution is 9.10. The van der Waals surface area contributed by atoms with Gasteiger partial charge >= 0.3 is 0 Å². The second-order valence-electron chi connectivity index (χ2n) is 3.56. The minimum Gasteiger partial charge on any atom is -0.376 e. The Labute approximate surface area is 86.2 Å². The van der Waals surface area contributed by atoms with E-state index in [1.165, 1.54) is 11.3 Å². The van der Waals surface area contributed by atoms with Crippen LogP contribution in [0.4, 0.5) is 0 Å². The van der Waals surface area contributed by atoms with Crippen molar-refractivity contribution in [3.8, 4) is 0 Å². The predicted octanol–water partition coefficient (Wildman–Crippen LogP) is 2.30. The highest BCUT2D eigenvalue weighted by Crippen LogP contribution is 2.26. The molecule has 3 nitrogen and oxygen atoms in total. The first kappa shape index (κ1) is 9.21. The molecule has 0 N–H and O–H groups in total. The summed E-state index contributed by atoms with van der Waals surface area (Å²) in [4.78, 5) is 0. The number of rotatable bonds is 1. The third-order valence-corrected chi connectivity index (χ3v) is 2.93. The molecule has 0 radical (unpaired) electrons. The zero-order valence-electron chi connectivity index (χ0n) is 7.88. The SMILES string of the molecule is CC(C)n1nc(Br)c2c1CCOC2. The van der Waals surface area contributed by atoms with Crippen LogP contribution in [-0.2, 0) is 17.8 Å². The largest absolute Gasteiger partial charge is 0.376 e. The van der Waals surface area contributed by atoms with Gasteiger partial charge in [0.15, 0.2) is 0 Å². The molecule has 0 bridgehead atoms. The van der Waals surface area contributed by atoms with Crippen molar-refractivity contribution in [2.75, 3.05) is 6.61 Å². The van der Waals surface area contributed by atoms with E-state index in [9.17, 15) is 0 Å². The van der Waals surface area contributed by atoms with Crippen molar-refractivity contribution in [3.63, 3.8) is 0 Å². The molecule has 0 fully saturated rings. The van der Waals surface area contributed by atoms with Gasteiger partial charge in [0, 0.05) is 23.7 Å². The first-order chi connectivity index (χ1) is 6.20. The Balaban J connectivity index is 2.47. The van der Waals surface area contributed by atoms with Crippen molar-refractivity contribution in [2.24, 2.45) is 0 Å². The van der Waals surface area contributed by atoms with Crippen molar-refractivity contribution in [3.05, 3.63) is 15.9 Å². The molecule has 2 rings (SSSR count). The minimum absolute atomic E-state index is 0.429. The molecule has 1 aromatic heterocycles. The van der Waals surface area contributed by atoms with Gasteiger partial charge in [0.25, 0.3) is 0 Å². The third-order valence-electron chi connectivity index (χ3n) is 2.29. The first-order valence-electron chi connectivity index (χ1n) is 4.53. The van der Waals surface area contributed by atoms with Gasteiger partial charge in [0.1, 0.15) is 4.60 Å². The average Bonchev–Trinajstić information content (AvgIpc) is 2.45. The van der Waals surface area contributed by atoms with E-state index in [1.54, 1.807) is 0 Å². The third kappa shape index (κ3) is 1.53. The molecule has 0 aromatic carbocycles. The van der Waals surface area contributed by atoms with E-state index in [2.05, 4.69) is 39.6 Å². The Morgan fingerprint density at radius 1 is 1.54 bits per heavy atom. The van der Waals surface area contributed by atoms with Crippen molar-refractivity contribution in [2.45, 2.75) is 32.9 Å². The standard InChI is InChI=1S/C9H13BrN2O/c1-6(2)12-8-3-4-13-5-7(8)9(10)11-12/h6H,3-5H2,1-2H3. The molecular weight excluding hydrogens is 232 g/mol. The normalized spacial score (nSPS) is 16.3. The molecule has 1 aromatic rings. The van der Waals surface area contributed by atoms with Crippen LogP contribution in [0.5, 0.6) is 0 Å². The van der Waals surface area contributed by atoms with E-state index in [0.29, 0.717) is 12.6 Å². The summed E-state index contributed by atoms with van der Waals surface area (Å²) in [6.07, 6.45) is 0.978. The maximum absolute atomic E-state index is 5.39. The average molecular weight is 245 g/mol. The molecule has 1 aliphatic rings. The van der Waals surface area contributed by atoms with Crippen molar-refractivity contribution >= 4 is 15.9 Å². The zero-order chi connectivity index (χ0) is 9.42. The summed E-state index contributed by atoms with van der Waals surface area (Å²) < 4.78 is 8.41. The molecule has 0 spiro atoms. The van der Waals surface area contributed by atoms with Gasteiger partial charge in [0.05, 0.1) is 13.2 Å². The maximum atomic E-state index is 5.39. The summed E-state index contributed by atoms with van der Waals surface area (Å²) >= 11 is 3.46. The maximum Gasteiger partial charge on any atom is 0.133 e. The van der Waals surface area contributed by atoms with Gasteiger partial charge in [-0.3, -0.25) is 4.68 Å². The molecule has 72 valence electrons. The lowest BCUT2D eigenvalue weighted by atomic mass is 10.1. The van der Waals surface area contributed by atoms with Gasteiger partial charge in [-0.25, -0.2) is 0 Å². The van der Waals surface area contributed by atoms with Crippen LogP contribution in [0, 0.1) is 0 Å². The van der Waals surface area contributed by atoms with Crippen LogP contribution in [0.3, 0.4) is 0 Å². The molecule has 13 heavy (non-hydrogen) atoms. The van der Waals surface area contributed by atoms with Gasteiger partial charge in [-0.05, 0) is 29.8 Å². The lowest BCUT2D eigenvalue weighted by Crippen LogP contribution is -2.15. The first-order valence-corrected chi connectivity index (χ1v) is 5.33. The Bertz CT molecular complexity index is 320. The fourth-order valence-corrected chi connectivity index (χ4v) is 2.17. The van der Waals surface area contributed by atoms with E-state index in [4.69, 9.17) is 4.74 Å². The zero-order valence-corrected chi connectivity index (χ0v) is 9.47. The number of ether oxygens (including phenoxy) is 1. The number of hydrogen-bond acceptors (Lipinski definition) is 2. The van der Waals surface area contributed by atoms with Gasteiger partial charge in [-0.2, -0.15) is 5.10 Å². The number of halogens is 1. The van der Waals surface area contributed by atoms with Crippen LogP contribution in [0.15, 0.2) is 4.60 Å². The second-order valence-corrected chi connectivity index (χ2v) is 4.31. The summed E-state index contributed by atoms with van der Waals surface area (Å²) in [5, 5.41) is 4.45. The summed E-state index contributed by atoms with van der Waals surface area (Å²) in [6.45, 7) is 5.81. The van der Waals surface area contributed by atoms with E-state index < -0.39 is 0 Å². The molecule has 0 aliphatic carbocycles. The number of fused-ring (bicyclic) bond motifs is 1. The lowest BCUT2D eigenvalue weighted by Gasteiger charge is -2.16. The monoisotopic (exact) mass is 244 g/mol. The molecule has 0 saturated carbocycles. The van der Waals surface area contributed by atoms with Crippen LogP contribution in [0.2, 0.25) is 0 Å². The Morgan fingerprint density at radius 2 is 2.31 bits per heavy atom. The van der Waals surface area contributed by atoms with Crippen LogP contribution in [0.1, 0.15) is 31.1 Å². The molecule has 1 aliphatic heterocycles. The Hall–Kier alpha value is -0.350. The second kappa shape index (κ2) is 3.42. The summed E-state index contributed by atoms with van der Waals surface area (Å²) in [6, 6.07) is 0.429. The summed E-state index contributed by atoms with van der Waals surface area (Å²) in [5.41, 5.74) is 2.55. The predicted molar refractivity (Wildman–Crippen MR) is 53.7 cm³/mol. The van der Waals surface area contributed by atoms with E-state index in [1.807, 2.05) is 0 Å². The molecule has 0 amide bonds. The minimum atomic E-state index is 0.429. The summed E-state index contributed by atoms with van der Waals surface area (Å²) in [5.74, 6) is 0. The van der Waals surface area contributed by atoms with Gasteiger partial charge in [0.2, 0.25) is 0 Å². The highest BCUT2D eigenvalue weighted by Gasteiger charge is 2.20. The van der Waals surface area contributed by atoms with Crippen molar-refractivity contribution in [1.29, 1.82) is 0 Å². The van der Waals surface area contributed by atoms with Crippen LogP contribution >= 0.6 is 15.9 Å². The number of nitrogens with zero attached hydrogens (tertiary/aromatic N) is 2. The van der Waals surface area contributed by atoms with E-state index >= 15 is 0 Å². The van der Waals surface area contributed by atoms with Crippen LogP contribution in [0.25, 0.3) is 0 Å². The smallest absolute Gasteiger partial charge is 0.133 e. The topological polar surface area (TPSA) is 27.1 Å². The van der Waals surface area contributed by atoms with Gasteiger partial charge in [-0.15, -0.1) is 0 Å². The number of hydrogen-bond donors (Lipinski definition) is 0. The quantitative estimate of drug-likeness (QED) is 0.759. The fourth-order valence-electron chi connectivity index (χ4n) is 1.65. The van der Waals surface area contributed by atoms with Crippen LogP contribution < -0.4 is 0 Å². The lowest BCUT2D eigenvalue weighted by molar-refractivity contribution is 0.108. The molecular formula is C9H13BrN2O. The van der Waals surface area contributed by atoms with E-state index in [0.717, 1.165) is 17.6 Å². The highest BCUT2D eigenvalue weighted by atomic mass is 79.9. The van der Waals surface area contributed by atoms with Crippen molar-refractivity contribution in [1.82, 2.24) is 9.78 Å². The molecule has 0 unspecified atom stereocenters. The van der Waals surface area contributed by atoms with Crippen molar-refractivity contribution < 1.29 is 4.74 Å². The van der Waals surface area contributed by atoms with Gasteiger partial charge < -0.3 is 4.74 Å². The molecule has 4 heteroatoms. The van der Waals surface area contributed by atoms with Gasteiger partial charge in [-0.1, -0.05) is 0 Å². The molecule has 0 saturated heterocycles. The Morgan fingerprint density at radius 3 is 3.00 bits per heavy atom. The Kier molecular flexibility index (Phi) is 2.43. The van der Waals surface area contributed by atoms with E-state index in [-0.39, 0.29) is 0 Å². The fraction of sp³-hybridized carbons (Fsp3) is 0.667. The van der Waals surface area contributed by atoms with Crippen LogP contribution in [-0.4, -0.2) is 16.4 Å². The molecule has 2 heterocycles.